The van der Waals surface area contributed by atoms with Gasteiger partial charge in [0.2, 0.25) is 5.91 Å². The fourth-order valence-electron chi connectivity index (χ4n) is 3.68. The van der Waals surface area contributed by atoms with Crippen LogP contribution in [0.5, 0.6) is 5.75 Å². The summed E-state index contributed by atoms with van der Waals surface area (Å²) in [6.45, 7) is 0. The van der Waals surface area contributed by atoms with Gasteiger partial charge in [0, 0.05) is 10.9 Å². The number of thiophene rings is 1. The standard InChI is InChI=1S/C21H23F3N2O3S/c1-29-16-11-6-5-10-15(16)26(20(28)21(22,23)24)18(17-12-7-13-30-17)19(27)25-14-8-3-2-4-9-14/h5-7,10-14,18H,2-4,8-9H2,1H3,(H,25,27)/t18-/m1/s1. The summed E-state index contributed by atoms with van der Waals surface area (Å²) in [6.07, 6.45) is -0.656. The Kier molecular flexibility index (Phi) is 7.02. The summed E-state index contributed by atoms with van der Waals surface area (Å²) in [5.41, 5.74) is -0.112. The third-order valence-corrected chi connectivity index (χ3v) is 6.00. The van der Waals surface area contributed by atoms with Gasteiger partial charge in [0.05, 0.1) is 12.8 Å². The van der Waals surface area contributed by atoms with Gasteiger partial charge in [-0.1, -0.05) is 37.5 Å². The van der Waals surface area contributed by atoms with Crippen LogP contribution in [0, 0.1) is 0 Å². The van der Waals surface area contributed by atoms with Crippen molar-refractivity contribution < 1.29 is 27.5 Å². The van der Waals surface area contributed by atoms with E-state index in [1.807, 2.05) is 0 Å². The number of nitrogens with one attached hydrogen (secondary N) is 1. The summed E-state index contributed by atoms with van der Waals surface area (Å²) in [6, 6.07) is 7.50. The van der Waals surface area contributed by atoms with E-state index < -0.39 is 24.0 Å². The highest BCUT2D eigenvalue weighted by Gasteiger charge is 2.48. The van der Waals surface area contributed by atoms with Crippen molar-refractivity contribution in [3.8, 4) is 5.75 Å². The monoisotopic (exact) mass is 440 g/mol. The Morgan fingerprint density at radius 3 is 2.43 bits per heavy atom. The van der Waals surface area contributed by atoms with E-state index in [9.17, 15) is 22.8 Å². The molecule has 1 aliphatic rings. The molecule has 1 aromatic carbocycles. The maximum atomic E-state index is 13.6. The van der Waals surface area contributed by atoms with Gasteiger partial charge in [0.15, 0.2) is 6.04 Å². The molecule has 1 atom stereocenters. The van der Waals surface area contributed by atoms with E-state index in [0.29, 0.717) is 9.78 Å². The van der Waals surface area contributed by atoms with Crippen LogP contribution in [-0.2, 0) is 9.59 Å². The van der Waals surface area contributed by atoms with E-state index in [-0.39, 0.29) is 17.5 Å². The van der Waals surface area contributed by atoms with Gasteiger partial charge < -0.3 is 10.1 Å². The lowest BCUT2D eigenvalue weighted by atomic mass is 9.95. The zero-order valence-corrected chi connectivity index (χ0v) is 17.3. The number of halogens is 3. The smallest absolute Gasteiger partial charge is 0.471 e. The average molecular weight is 440 g/mol. The molecule has 9 heteroatoms. The van der Waals surface area contributed by atoms with Crippen LogP contribution < -0.4 is 15.0 Å². The van der Waals surface area contributed by atoms with Gasteiger partial charge in [-0.15, -0.1) is 11.3 Å². The Hall–Kier alpha value is -2.55. The maximum Gasteiger partial charge on any atom is 0.471 e. The number of benzene rings is 1. The Morgan fingerprint density at radius 1 is 1.13 bits per heavy atom. The van der Waals surface area contributed by atoms with Crippen molar-refractivity contribution in [1.29, 1.82) is 0 Å². The van der Waals surface area contributed by atoms with Gasteiger partial charge >= 0.3 is 12.1 Å². The van der Waals surface area contributed by atoms with Crippen molar-refractivity contribution >= 4 is 28.8 Å². The molecule has 1 heterocycles. The molecule has 0 aliphatic heterocycles. The molecule has 30 heavy (non-hydrogen) atoms. The number of alkyl halides is 3. The highest BCUT2D eigenvalue weighted by atomic mass is 32.1. The van der Waals surface area contributed by atoms with E-state index in [1.165, 1.54) is 25.3 Å². The molecular formula is C21H23F3N2O3S. The van der Waals surface area contributed by atoms with Gasteiger partial charge in [0.1, 0.15) is 5.75 Å². The van der Waals surface area contributed by atoms with Gasteiger partial charge in [-0.25, -0.2) is 0 Å². The molecule has 5 nitrogen and oxygen atoms in total. The number of hydrogen-bond donors (Lipinski definition) is 1. The number of carbonyl (C=O) groups excluding carboxylic acids is 2. The molecule has 3 rings (SSSR count). The largest absolute Gasteiger partial charge is 0.495 e. The number of anilines is 1. The zero-order valence-electron chi connectivity index (χ0n) is 16.4. The molecule has 0 spiro atoms. The highest BCUT2D eigenvalue weighted by molar-refractivity contribution is 7.10. The number of carbonyl (C=O) groups is 2. The SMILES string of the molecule is COc1ccccc1N(C(=O)C(F)(F)F)[C@@H](C(=O)NC1CCCCC1)c1cccs1. The minimum atomic E-state index is -5.17. The third kappa shape index (κ3) is 4.95. The first-order chi connectivity index (χ1) is 14.3. The second-order valence-corrected chi connectivity index (χ2v) is 8.09. The molecule has 1 saturated carbocycles. The van der Waals surface area contributed by atoms with E-state index in [2.05, 4.69) is 5.32 Å². The number of ether oxygens (including phenoxy) is 1. The van der Waals surface area contributed by atoms with E-state index in [1.54, 1.807) is 23.6 Å². The Balaban J connectivity index is 2.07. The molecule has 1 aromatic heterocycles. The fraction of sp³-hybridized carbons (Fsp3) is 0.429. The first kappa shape index (κ1) is 22.1. The molecular weight excluding hydrogens is 417 g/mol. The molecule has 0 unspecified atom stereocenters. The number of para-hydroxylation sites is 2. The van der Waals surface area contributed by atoms with E-state index in [4.69, 9.17) is 4.74 Å². The van der Waals surface area contributed by atoms with Crippen LogP contribution in [-0.4, -0.2) is 31.1 Å². The number of hydrogen-bond acceptors (Lipinski definition) is 4. The van der Waals surface area contributed by atoms with Gasteiger partial charge in [-0.3, -0.25) is 14.5 Å². The zero-order chi connectivity index (χ0) is 21.7. The second kappa shape index (κ2) is 9.51. The van der Waals surface area contributed by atoms with Crippen LogP contribution in [0.15, 0.2) is 41.8 Å². The molecule has 2 aromatic rings. The Morgan fingerprint density at radius 2 is 1.83 bits per heavy atom. The highest BCUT2D eigenvalue weighted by Crippen LogP contribution is 2.39. The van der Waals surface area contributed by atoms with Crippen molar-refractivity contribution in [2.75, 3.05) is 12.0 Å². The molecule has 0 saturated heterocycles. The second-order valence-electron chi connectivity index (χ2n) is 7.11. The topological polar surface area (TPSA) is 58.6 Å². The lowest BCUT2D eigenvalue weighted by Crippen LogP contribution is -2.50. The fourth-order valence-corrected chi connectivity index (χ4v) is 4.49. The van der Waals surface area contributed by atoms with Crippen LogP contribution in [0.3, 0.4) is 0 Å². The first-order valence-corrected chi connectivity index (χ1v) is 10.6. The summed E-state index contributed by atoms with van der Waals surface area (Å²) in [7, 11) is 1.30. The minimum Gasteiger partial charge on any atom is -0.495 e. The lowest BCUT2D eigenvalue weighted by molar-refractivity contribution is -0.171. The van der Waals surface area contributed by atoms with E-state index >= 15 is 0 Å². The molecule has 2 amide bonds. The van der Waals surface area contributed by atoms with Gasteiger partial charge in [-0.05, 0) is 36.4 Å². The quantitative estimate of drug-likeness (QED) is 0.699. The van der Waals surface area contributed by atoms with Crippen molar-refractivity contribution in [1.82, 2.24) is 5.32 Å². The maximum absolute atomic E-state index is 13.6. The molecule has 1 N–H and O–H groups in total. The summed E-state index contributed by atoms with van der Waals surface area (Å²) in [5, 5.41) is 4.53. The van der Waals surface area contributed by atoms with Crippen molar-refractivity contribution in [2.45, 2.75) is 50.4 Å². The van der Waals surface area contributed by atoms with Crippen LogP contribution in [0.4, 0.5) is 18.9 Å². The van der Waals surface area contributed by atoms with Gasteiger partial charge in [-0.2, -0.15) is 13.2 Å². The molecule has 0 radical (unpaired) electrons. The van der Waals surface area contributed by atoms with Crippen molar-refractivity contribution in [3.63, 3.8) is 0 Å². The van der Waals surface area contributed by atoms with Crippen LogP contribution in [0.1, 0.15) is 43.0 Å². The van der Waals surface area contributed by atoms with Crippen LogP contribution in [0.2, 0.25) is 0 Å². The Bertz CT molecular complexity index is 865. The van der Waals surface area contributed by atoms with Crippen molar-refractivity contribution in [2.24, 2.45) is 0 Å². The van der Waals surface area contributed by atoms with Crippen molar-refractivity contribution in [3.05, 3.63) is 46.7 Å². The number of rotatable bonds is 6. The average Bonchev–Trinajstić information content (AvgIpc) is 3.25. The van der Waals surface area contributed by atoms with Crippen LogP contribution in [0.25, 0.3) is 0 Å². The number of amides is 2. The Labute approximate surface area is 176 Å². The summed E-state index contributed by atoms with van der Waals surface area (Å²) < 4.78 is 45.9. The predicted molar refractivity (Wildman–Crippen MR) is 109 cm³/mol. The number of methoxy groups -OCH3 is 1. The van der Waals surface area contributed by atoms with Crippen LogP contribution >= 0.6 is 11.3 Å². The summed E-state index contributed by atoms with van der Waals surface area (Å²) >= 11 is 1.12. The van der Waals surface area contributed by atoms with Gasteiger partial charge in [0.25, 0.3) is 0 Å². The lowest BCUT2D eigenvalue weighted by Gasteiger charge is -2.33. The predicted octanol–water partition coefficient (Wildman–Crippen LogP) is 4.84. The minimum absolute atomic E-state index is 0.0714. The first-order valence-electron chi connectivity index (χ1n) is 9.70. The molecule has 0 bridgehead atoms. The third-order valence-electron chi connectivity index (χ3n) is 5.08. The molecule has 1 aliphatic carbocycles. The molecule has 1 fully saturated rings. The summed E-state index contributed by atoms with van der Waals surface area (Å²) in [4.78, 5) is 26.6. The normalized spacial score (nSPS) is 16.0. The molecule has 162 valence electrons. The summed E-state index contributed by atoms with van der Waals surface area (Å²) in [5.74, 6) is -2.68. The number of nitrogens with zero attached hydrogens (tertiary/aromatic N) is 1. The van der Waals surface area contributed by atoms with E-state index in [0.717, 1.165) is 43.4 Å².